The molecule has 0 unspecified atom stereocenters. The molecular weight excluding hydrogens is 528 g/mol. The average Bonchev–Trinajstić information content (AvgIpc) is 3.09. The third-order valence-electron chi connectivity index (χ3n) is 9.18. The minimum Gasteiger partial charge on any atom is -0.0616 e. The number of rotatable bonds is 3. The zero-order valence-electron chi connectivity index (χ0n) is 24.2. The Hall–Kier alpha value is -5.72. The van der Waals surface area contributed by atoms with E-state index in [1.54, 1.807) is 0 Å². The molecule has 0 aliphatic carbocycles. The molecular formula is C44H28. The molecule has 0 atom stereocenters. The summed E-state index contributed by atoms with van der Waals surface area (Å²) in [7, 11) is 0. The second kappa shape index (κ2) is 9.93. The lowest BCUT2D eigenvalue weighted by Crippen LogP contribution is -1.90. The van der Waals surface area contributed by atoms with Gasteiger partial charge in [0.1, 0.15) is 0 Å². The predicted octanol–water partition coefficient (Wildman–Crippen LogP) is 12.5. The van der Waals surface area contributed by atoms with E-state index in [1.807, 2.05) is 0 Å². The van der Waals surface area contributed by atoms with Gasteiger partial charge in [-0.3, -0.25) is 0 Å². The molecule has 44 heavy (non-hydrogen) atoms. The first-order valence-corrected chi connectivity index (χ1v) is 15.3. The molecule has 0 heteroatoms. The van der Waals surface area contributed by atoms with Crippen LogP contribution in [0, 0.1) is 0 Å². The minimum atomic E-state index is 1.23. The van der Waals surface area contributed by atoms with Gasteiger partial charge in [0, 0.05) is 0 Å². The van der Waals surface area contributed by atoms with Crippen LogP contribution < -0.4 is 0 Å². The number of hydrogen-bond acceptors (Lipinski definition) is 0. The van der Waals surface area contributed by atoms with Gasteiger partial charge in [-0.15, -0.1) is 0 Å². The highest BCUT2D eigenvalue weighted by atomic mass is 14.2. The molecule has 0 nitrogen and oxygen atoms in total. The van der Waals surface area contributed by atoms with E-state index in [9.17, 15) is 0 Å². The molecule has 0 amide bonds. The predicted molar refractivity (Wildman–Crippen MR) is 190 cm³/mol. The van der Waals surface area contributed by atoms with Crippen molar-refractivity contribution in [2.75, 3.05) is 0 Å². The Balaban J connectivity index is 1.31. The van der Waals surface area contributed by atoms with Crippen LogP contribution in [0.5, 0.6) is 0 Å². The highest BCUT2D eigenvalue weighted by molar-refractivity contribution is 6.18. The van der Waals surface area contributed by atoms with Gasteiger partial charge < -0.3 is 0 Å². The Morgan fingerprint density at radius 3 is 1.41 bits per heavy atom. The van der Waals surface area contributed by atoms with Gasteiger partial charge in [-0.05, 0) is 118 Å². The maximum atomic E-state index is 2.40. The molecule has 0 radical (unpaired) electrons. The maximum absolute atomic E-state index is 2.40. The lowest BCUT2D eigenvalue weighted by molar-refractivity contribution is 1.66. The molecule has 9 aromatic carbocycles. The van der Waals surface area contributed by atoms with Crippen molar-refractivity contribution in [3.63, 3.8) is 0 Å². The van der Waals surface area contributed by atoms with E-state index in [1.165, 1.54) is 87.2 Å². The van der Waals surface area contributed by atoms with Gasteiger partial charge in [-0.1, -0.05) is 140 Å². The first kappa shape index (κ1) is 24.8. The summed E-state index contributed by atoms with van der Waals surface area (Å²) in [5.41, 5.74) is 7.51. The van der Waals surface area contributed by atoms with Crippen LogP contribution in [0.15, 0.2) is 170 Å². The molecule has 9 aromatic rings. The van der Waals surface area contributed by atoms with E-state index in [2.05, 4.69) is 170 Å². The highest BCUT2D eigenvalue weighted by Crippen LogP contribution is 2.42. The van der Waals surface area contributed by atoms with Crippen molar-refractivity contribution in [2.45, 2.75) is 0 Å². The first-order valence-electron chi connectivity index (χ1n) is 15.3. The van der Waals surface area contributed by atoms with E-state index in [4.69, 9.17) is 0 Å². The quantitative estimate of drug-likeness (QED) is 0.190. The van der Waals surface area contributed by atoms with Crippen LogP contribution >= 0.6 is 0 Å². The molecule has 0 N–H and O–H groups in total. The van der Waals surface area contributed by atoms with Crippen molar-refractivity contribution in [3.05, 3.63) is 170 Å². The normalized spacial score (nSPS) is 11.6. The summed E-state index contributed by atoms with van der Waals surface area (Å²) in [6, 6.07) is 62.5. The first-order chi connectivity index (χ1) is 21.8. The van der Waals surface area contributed by atoms with Crippen LogP contribution in [0.3, 0.4) is 0 Å². The van der Waals surface area contributed by atoms with Crippen LogP contribution in [-0.4, -0.2) is 0 Å². The topological polar surface area (TPSA) is 0 Å². The molecule has 0 fully saturated rings. The number of fused-ring (bicyclic) bond motifs is 5. The van der Waals surface area contributed by atoms with Crippen molar-refractivity contribution >= 4 is 53.9 Å². The van der Waals surface area contributed by atoms with E-state index in [0.29, 0.717) is 0 Å². The van der Waals surface area contributed by atoms with Crippen LogP contribution in [0.25, 0.3) is 87.2 Å². The summed E-state index contributed by atoms with van der Waals surface area (Å²) < 4.78 is 0. The van der Waals surface area contributed by atoms with Crippen molar-refractivity contribution in [1.82, 2.24) is 0 Å². The molecule has 0 aliphatic heterocycles. The zero-order chi connectivity index (χ0) is 29.0. The van der Waals surface area contributed by atoms with Gasteiger partial charge in [0.05, 0.1) is 0 Å². The summed E-state index contributed by atoms with van der Waals surface area (Å²) in [5, 5.41) is 12.6. The van der Waals surface area contributed by atoms with Gasteiger partial charge in [0.25, 0.3) is 0 Å². The minimum absolute atomic E-state index is 1.23. The fourth-order valence-electron chi connectivity index (χ4n) is 6.95. The van der Waals surface area contributed by atoms with E-state index >= 15 is 0 Å². The summed E-state index contributed by atoms with van der Waals surface area (Å²) in [5.74, 6) is 0. The monoisotopic (exact) mass is 556 g/mol. The smallest absolute Gasteiger partial charge is 0.00204 e. The SMILES string of the molecule is c1ccc2cc(-c3ccc4c(-c5cccc6ccccc56)c5cc(-c6ccc7ccccc7c6)ccc5cc4c3)ccc2c1. The molecule has 0 aromatic heterocycles. The number of benzene rings is 9. The third-order valence-corrected chi connectivity index (χ3v) is 9.18. The largest absolute Gasteiger partial charge is 0.0616 e. The second-order valence-electron chi connectivity index (χ2n) is 11.8. The fraction of sp³-hybridized carbons (Fsp3) is 0. The van der Waals surface area contributed by atoms with Crippen molar-refractivity contribution in [1.29, 1.82) is 0 Å². The highest BCUT2D eigenvalue weighted by Gasteiger charge is 2.15. The van der Waals surface area contributed by atoms with Gasteiger partial charge in [0.15, 0.2) is 0 Å². The van der Waals surface area contributed by atoms with E-state index in [0.717, 1.165) is 0 Å². The molecule has 204 valence electrons. The molecule has 0 saturated carbocycles. The molecule has 0 aliphatic rings. The molecule has 0 bridgehead atoms. The van der Waals surface area contributed by atoms with Gasteiger partial charge in [-0.25, -0.2) is 0 Å². The van der Waals surface area contributed by atoms with Crippen LogP contribution in [0.4, 0.5) is 0 Å². The molecule has 0 heterocycles. The second-order valence-corrected chi connectivity index (χ2v) is 11.8. The Morgan fingerprint density at radius 2 is 0.727 bits per heavy atom. The lowest BCUT2D eigenvalue weighted by Gasteiger charge is -2.17. The van der Waals surface area contributed by atoms with E-state index < -0.39 is 0 Å². The summed E-state index contributed by atoms with van der Waals surface area (Å²) >= 11 is 0. The Morgan fingerprint density at radius 1 is 0.227 bits per heavy atom. The molecule has 0 spiro atoms. The summed E-state index contributed by atoms with van der Waals surface area (Å²) in [6.07, 6.45) is 0. The maximum Gasteiger partial charge on any atom is -0.00204 e. The summed E-state index contributed by atoms with van der Waals surface area (Å²) in [6.45, 7) is 0. The zero-order valence-corrected chi connectivity index (χ0v) is 24.2. The molecule has 0 saturated heterocycles. The summed E-state index contributed by atoms with van der Waals surface area (Å²) in [4.78, 5) is 0. The van der Waals surface area contributed by atoms with Gasteiger partial charge in [0.2, 0.25) is 0 Å². The lowest BCUT2D eigenvalue weighted by atomic mass is 9.87. The third kappa shape index (κ3) is 4.07. The Bertz CT molecular complexity index is 2550. The van der Waals surface area contributed by atoms with Crippen molar-refractivity contribution < 1.29 is 0 Å². The Kier molecular flexibility index (Phi) is 5.61. The van der Waals surface area contributed by atoms with Gasteiger partial charge in [-0.2, -0.15) is 0 Å². The standard InChI is InChI=1S/C44H28/c1-3-11-32-24-34(18-16-29(32)8-1)36-22-23-41-39(26-36)27-38-21-20-37(35-19-17-30-9-2-4-12-33(30)25-35)28-43(38)44(41)42-15-7-13-31-10-5-6-14-40(31)42/h1-28H. The van der Waals surface area contributed by atoms with Crippen LogP contribution in [-0.2, 0) is 0 Å². The van der Waals surface area contributed by atoms with E-state index in [-0.39, 0.29) is 0 Å². The van der Waals surface area contributed by atoms with Crippen molar-refractivity contribution in [3.8, 4) is 33.4 Å². The van der Waals surface area contributed by atoms with Crippen molar-refractivity contribution in [2.24, 2.45) is 0 Å². The number of hydrogen-bond donors (Lipinski definition) is 0. The molecule has 9 rings (SSSR count). The van der Waals surface area contributed by atoms with Gasteiger partial charge >= 0.3 is 0 Å². The van der Waals surface area contributed by atoms with Crippen LogP contribution in [0.2, 0.25) is 0 Å². The Labute approximate surface area is 256 Å². The average molecular weight is 557 g/mol. The van der Waals surface area contributed by atoms with Crippen LogP contribution in [0.1, 0.15) is 0 Å². The fourth-order valence-corrected chi connectivity index (χ4v) is 6.95.